The normalized spacial score (nSPS) is 17.5. The summed E-state index contributed by atoms with van der Waals surface area (Å²) in [6.45, 7) is 3.39. The van der Waals surface area contributed by atoms with Crippen molar-refractivity contribution >= 4 is 28.6 Å². The smallest absolute Gasteiger partial charge is 0.258 e. The van der Waals surface area contributed by atoms with Crippen molar-refractivity contribution in [2.45, 2.75) is 19.4 Å². The van der Waals surface area contributed by atoms with Gasteiger partial charge in [0.1, 0.15) is 0 Å². The second kappa shape index (κ2) is 8.17. The predicted octanol–water partition coefficient (Wildman–Crippen LogP) is 5.21. The Hall–Kier alpha value is -3.37. The van der Waals surface area contributed by atoms with Gasteiger partial charge in [-0.2, -0.15) is 0 Å². The molecule has 1 fully saturated rings. The maximum absolute atomic E-state index is 12.9. The second-order valence-corrected chi connectivity index (χ2v) is 7.92. The highest BCUT2D eigenvalue weighted by atomic mass is 16.2. The molecule has 0 aromatic heterocycles. The van der Waals surface area contributed by atoms with Crippen LogP contribution in [-0.4, -0.2) is 23.9 Å². The molecule has 2 aliphatic rings. The van der Waals surface area contributed by atoms with Crippen LogP contribution in [0.5, 0.6) is 0 Å². The van der Waals surface area contributed by atoms with Crippen molar-refractivity contribution in [2.75, 3.05) is 23.7 Å². The van der Waals surface area contributed by atoms with E-state index in [2.05, 4.69) is 39.8 Å². The molecule has 4 heteroatoms. The van der Waals surface area contributed by atoms with Gasteiger partial charge in [-0.25, -0.2) is 0 Å². The van der Waals surface area contributed by atoms with E-state index in [1.807, 2.05) is 54.6 Å². The molecule has 1 saturated heterocycles. The van der Waals surface area contributed by atoms with E-state index in [1.165, 1.54) is 31.5 Å². The van der Waals surface area contributed by atoms with Crippen molar-refractivity contribution in [3.8, 4) is 0 Å². The summed E-state index contributed by atoms with van der Waals surface area (Å²) in [7, 11) is 0. The Morgan fingerprint density at radius 1 is 0.867 bits per heavy atom. The number of nitrogens with one attached hydrogen (secondary N) is 2. The van der Waals surface area contributed by atoms with Crippen molar-refractivity contribution in [2.24, 2.45) is 0 Å². The Morgan fingerprint density at radius 2 is 1.57 bits per heavy atom. The minimum atomic E-state index is -0.0757. The fraction of sp³-hybridized carbons (Fsp3) is 0.192. The van der Waals surface area contributed by atoms with Crippen LogP contribution < -0.4 is 10.6 Å². The topological polar surface area (TPSA) is 44.4 Å². The quantitative estimate of drug-likeness (QED) is 0.583. The van der Waals surface area contributed by atoms with Crippen LogP contribution >= 0.6 is 0 Å². The van der Waals surface area contributed by atoms with Gasteiger partial charge in [0.15, 0.2) is 0 Å². The lowest BCUT2D eigenvalue weighted by molar-refractivity contribution is -0.110. The van der Waals surface area contributed by atoms with Crippen molar-refractivity contribution < 1.29 is 4.79 Å². The molecule has 0 spiro atoms. The second-order valence-electron chi connectivity index (χ2n) is 7.92. The van der Waals surface area contributed by atoms with Crippen LogP contribution in [0.25, 0.3) is 11.3 Å². The van der Waals surface area contributed by atoms with E-state index in [9.17, 15) is 4.79 Å². The number of anilines is 2. The first-order valence-electron chi connectivity index (χ1n) is 10.6. The number of hydrogen-bond acceptors (Lipinski definition) is 3. The average Bonchev–Trinajstić information content (AvgIpc) is 3.41. The third-order valence-electron chi connectivity index (χ3n) is 5.81. The number of hydrogen-bond donors (Lipinski definition) is 2. The lowest BCUT2D eigenvalue weighted by Gasteiger charge is -2.17. The number of carbonyl (C=O) groups excluding carboxylic acids is 1. The molecule has 0 radical (unpaired) electrons. The van der Waals surface area contributed by atoms with Gasteiger partial charge >= 0.3 is 0 Å². The molecule has 5 rings (SSSR count). The first kappa shape index (κ1) is 18.6. The van der Waals surface area contributed by atoms with Crippen molar-refractivity contribution in [1.29, 1.82) is 0 Å². The molecule has 2 aliphatic heterocycles. The Labute approximate surface area is 177 Å². The van der Waals surface area contributed by atoms with Crippen LogP contribution in [0.3, 0.4) is 0 Å². The fourth-order valence-corrected chi connectivity index (χ4v) is 4.29. The first-order valence-corrected chi connectivity index (χ1v) is 10.6. The molecule has 2 N–H and O–H groups in total. The number of amides is 1. The van der Waals surface area contributed by atoms with E-state index < -0.39 is 0 Å². The van der Waals surface area contributed by atoms with Gasteiger partial charge in [-0.05, 0) is 55.3 Å². The third-order valence-corrected chi connectivity index (χ3v) is 5.81. The minimum absolute atomic E-state index is 0.0757. The van der Waals surface area contributed by atoms with Crippen LogP contribution in [-0.2, 0) is 11.3 Å². The zero-order chi connectivity index (χ0) is 20.3. The van der Waals surface area contributed by atoms with E-state index in [0.717, 1.165) is 34.7 Å². The van der Waals surface area contributed by atoms with E-state index >= 15 is 0 Å². The molecule has 2 heterocycles. The molecular formula is C26H25N3O. The maximum atomic E-state index is 12.9. The summed E-state index contributed by atoms with van der Waals surface area (Å²) in [6.07, 6.45) is 2.61. The van der Waals surface area contributed by atoms with Crippen LogP contribution in [0.4, 0.5) is 11.4 Å². The summed E-state index contributed by atoms with van der Waals surface area (Å²) >= 11 is 0. The van der Waals surface area contributed by atoms with E-state index in [4.69, 9.17) is 0 Å². The van der Waals surface area contributed by atoms with Crippen molar-refractivity contribution in [3.63, 3.8) is 0 Å². The highest BCUT2D eigenvalue weighted by Crippen LogP contribution is 2.37. The van der Waals surface area contributed by atoms with Crippen LogP contribution in [0.1, 0.15) is 29.5 Å². The molecule has 0 atom stereocenters. The first-order chi connectivity index (χ1) is 14.8. The number of fused-ring (bicyclic) bond motifs is 1. The molecule has 4 nitrogen and oxygen atoms in total. The highest BCUT2D eigenvalue weighted by Gasteiger charge is 2.28. The van der Waals surface area contributed by atoms with E-state index in [1.54, 1.807) is 0 Å². The summed E-state index contributed by atoms with van der Waals surface area (Å²) in [5.41, 5.74) is 6.57. The van der Waals surface area contributed by atoms with Gasteiger partial charge in [0.05, 0.1) is 11.3 Å². The van der Waals surface area contributed by atoms with E-state index in [0.29, 0.717) is 5.57 Å². The fourth-order valence-electron chi connectivity index (χ4n) is 4.29. The third kappa shape index (κ3) is 3.74. The maximum Gasteiger partial charge on any atom is 0.258 e. The van der Waals surface area contributed by atoms with Gasteiger partial charge in [0, 0.05) is 23.5 Å². The lowest BCUT2D eigenvalue weighted by atomic mass is 10.00. The Bertz CT molecular complexity index is 1080. The number of nitrogens with zero attached hydrogens (tertiary/aromatic N) is 1. The van der Waals surface area contributed by atoms with Crippen LogP contribution in [0, 0.1) is 0 Å². The van der Waals surface area contributed by atoms with E-state index in [-0.39, 0.29) is 5.91 Å². The molecular weight excluding hydrogens is 370 g/mol. The molecule has 0 aliphatic carbocycles. The average molecular weight is 396 g/mol. The van der Waals surface area contributed by atoms with Gasteiger partial charge in [0.25, 0.3) is 5.91 Å². The van der Waals surface area contributed by atoms with Crippen molar-refractivity contribution in [3.05, 3.63) is 95.6 Å². The van der Waals surface area contributed by atoms with Gasteiger partial charge in [0.2, 0.25) is 0 Å². The molecule has 3 aromatic carbocycles. The molecule has 1 amide bonds. The minimum Gasteiger partial charge on any atom is -0.354 e. The predicted molar refractivity (Wildman–Crippen MR) is 123 cm³/mol. The number of carbonyl (C=O) groups is 1. The largest absolute Gasteiger partial charge is 0.354 e. The van der Waals surface area contributed by atoms with Gasteiger partial charge in [-0.3, -0.25) is 9.69 Å². The summed E-state index contributed by atoms with van der Waals surface area (Å²) in [5, 5.41) is 6.53. The summed E-state index contributed by atoms with van der Waals surface area (Å²) < 4.78 is 0. The molecule has 30 heavy (non-hydrogen) atoms. The summed E-state index contributed by atoms with van der Waals surface area (Å²) in [5.74, 6) is -0.0757. The van der Waals surface area contributed by atoms with Crippen molar-refractivity contribution in [1.82, 2.24) is 4.90 Å². The molecule has 0 saturated carbocycles. The number of para-hydroxylation sites is 1. The standard InChI is InChI=1S/C26H25N3O/c30-26-24(22-10-4-5-11-23(22)28-26)25(20-8-2-1-3-9-20)27-21-14-12-19(13-15-21)18-29-16-6-7-17-29/h1-5,8-15,27H,6-7,16-18H2,(H,28,30)/b25-24-. The molecule has 0 unspecified atom stereocenters. The Balaban J connectivity index is 1.49. The summed E-state index contributed by atoms with van der Waals surface area (Å²) in [4.78, 5) is 15.4. The highest BCUT2D eigenvalue weighted by molar-refractivity contribution is 6.37. The number of likely N-dealkylation sites (tertiary alicyclic amines) is 1. The zero-order valence-corrected chi connectivity index (χ0v) is 16.9. The Kier molecular flexibility index (Phi) is 5.08. The Morgan fingerprint density at radius 3 is 2.33 bits per heavy atom. The van der Waals surface area contributed by atoms with Crippen LogP contribution in [0.2, 0.25) is 0 Å². The number of rotatable bonds is 5. The number of benzene rings is 3. The molecule has 0 bridgehead atoms. The van der Waals surface area contributed by atoms with Gasteiger partial charge in [-0.1, -0.05) is 60.7 Å². The lowest BCUT2D eigenvalue weighted by Crippen LogP contribution is -2.18. The monoisotopic (exact) mass is 395 g/mol. The van der Waals surface area contributed by atoms with Gasteiger partial charge < -0.3 is 10.6 Å². The SMILES string of the molecule is O=C1Nc2ccccc2/C1=C(/Nc1ccc(CN2CCCC2)cc1)c1ccccc1. The van der Waals surface area contributed by atoms with Gasteiger partial charge in [-0.15, -0.1) is 0 Å². The zero-order valence-electron chi connectivity index (χ0n) is 16.9. The van der Waals surface area contributed by atoms with Crippen LogP contribution in [0.15, 0.2) is 78.9 Å². The molecule has 3 aromatic rings. The molecule has 150 valence electrons. The summed E-state index contributed by atoms with van der Waals surface area (Å²) in [6, 6.07) is 26.5.